The van der Waals surface area contributed by atoms with Gasteiger partial charge in [0.1, 0.15) is 6.04 Å². The van der Waals surface area contributed by atoms with Crippen LogP contribution in [0.15, 0.2) is 5.11 Å². The van der Waals surface area contributed by atoms with Crippen LogP contribution in [-0.4, -0.2) is 17.1 Å². The Morgan fingerprint density at radius 2 is 2.56 bits per heavy atom. The van der Waals surface area contributed by atoms with Crippen LogP contribution in [0.4, 0.5) is 0 Å². The van der Waals surface area contributed by atoms with Crippen LogP contribution < -0.4 is 0 Å². The average Bonchev–Trinajstić information content (AvgIpc) is 1.82. The van der Waals surface area contributed by atoms with Crippen molar-refractivity contribution in [3.63, 3.8) is 0 Å². The molecule has 0 aromatic carbocycles. The van der Waals surface area contributed by atoms with E-state index in [2.05, 4.69) is 10.0 Å². The van der Waals surface area contributed by atoms with Crippen molar-refractivity contribution in [1.82, 2.24) is 0 Å². The fourth-order valence-corrected chi connectivity index (χ4v) is 0.368. The molecule has 1 unspecified atom stereocenters. The molecule has 0 aromatic rings. The van der Waals surface area contributed by atoms with E-state index in [0.717, 1.165) is 0 Å². The molecule has 1 atom stereocenters. The van der Waals surface area contributed by atoms with Crippen LogP contribution in [0.3, 0.4) is 0 Å². The summed E-state index contributed by atoms with van der Waals surface area (Å²) >= 11 is 0. The van der Waals surface area contributed by atoms with Crippen LogP contribution in [-0.2, 0) is 4.79 Å². The number of hydrogen-bond acceptors (Lipinski definition) is 2. The van der Waals surface area contributed by atoms with E-state index in [-0.39, 0.29) is 0 Å². The fraction of sp³-hybridized carbons (Fsp3) is 0.750. The van der Waals surface area contributed by atoms with E-state index in [4.69, 9.17) is 10.6 Å². The predicted molar refractivity (Wildman–Crippen MR) is 30.9 cm³/mol. The molecule has 0 aliphatic carbocycles. The van der Waals surface area contributed by atoms with Crippen LogP contribution in [0.1, 0.15) is 13.3 Å². The summed E-state index contributed by atoms with van der Waals surface area (Å²) < 4.78 is 0. The third-order valence-electron chi connectivity index (χ3n) is 0.863. The van der Waals surface area contributed by atoms with E-state index in [9.17, 15) is 4.79 Å². The molecular weight excluding hydrogens is 122 g/mol. The Morgan fingerprint density at radius 1 is 2.00 bits per heavy atom. The molecule has 0 aliphatic rings. The zero-order valence-electron chi connectivity index (χ0n) is 4.98. The maximum absolute atomic E-state index is 10.1. The monoisotopic (exact) mass is 129 g/mol. The minimum atomic E-state index is -1.07. The van der Waals surface area contributed by atoms with E-state index in [0.29, 0.717) is 6.42 Å². The van der Waals surface area contributed by atoms with Gasteiger partial charge < -0.3 is 5.11 Å². The molecule has 9 heavy (non-hydrogen) atoms. The van der Waals surface area contributed by atoms with Crippen molar-refractivity contribution in [2.45, 2.75) is 19.4 Å². The van der Waals surface area contributed by atoms with Gasteiger partial charge in [-0.25, -0.2) is 0 Å². The first-order chi connectivity index (χ1) is 4.22. The molecule has 0 saturated carbocycles. The first kappa shape index (κ1) is 7.78. The van der Waals surface area contributed by atoms with Crippen molar-refractivity contribution in [3.8, 4) is 0 Å². The summed E-state index contributed by atoms with van der Waals surface area (Å²) in [6, 6.07) is -0.907. The van der Waals surface area contributed by atoms with Crippen molar-refractivity contribution in [3.05, 3.63) is 10.4 Å². The first-order valence-corrected chi connectivity index (χ1v) is 2.49. The number of aliphatic carboxylic acids is 1. The summed E-state index contributed by atoms with van der Waals surface area (Å²) in [5, 5.41) is 11.3. The third kappa shape index (κ3) is 2.56. The molecule has 0 rings (SSSR count). The van der Waals surface area contributed by atoms with E-state index in [1.807, 2.05) is 0 Å². The maximum Gasteiger partial charge on any atom is 0.312 e. The molecule has 0 saturated heterocycles. The zero-order chi connectivity index (χ0) is 7.28. The Morgan fingerprint density at radius 3 is 2.67 bits per heavy atom. The smallest absolute Gasteiger partial charge is 0.312 e. The van der Waals surface area contributed by atoms with Gasteiger partial charge in [0.2, 0.25) is 0 Å². The lowest BCUT2D eigenvalue weighted by molar-refractivity contribution is -0.138. The first-order valence-electron chi connectivity index (χ1n) is 2.49. The third-order valence-corrected chi connectivity index (χ3v) is 0.863. The van der Waals surface area contributed by atoms with Crippen molar-refractivity contribution < 1.29 is 9.90 Å². The molecular formula is C4H7N3O2. The van der Waals surface area contributed by atoms with Gasteiger partial charge in [-0.1, -0.05) is 12.0 Å². The molecule has 0 fully saturated rings. The highest BCUT2D eigenvalue weighted by molar-refractivity contribution is 5.73. The van der Waals surface area contributed by atoms with E-state index in [1.54, 1.807) is 6.92 Å². The summed E-state index contributed by atoms with van der Waals surface area (Å²) in [4.78, 5) is 12.4. The lowest BCUT2D eigenvalue weighted by Gasteiger charge is -1.97. The summed E-state index contributed by atoms with van der Waals surface area (Å²) in [6.07, 6.45) is 0.333. The maximum atomic E-state index is 10.1. The molecule has 0 amide bonds. The molecule has 5 heteroatoms. The van der Waals surface area contributed by atoms with Gasteiger partial charge in [-0.05, 0) is 12.0 Å². The predicted octanol–water partition coefficient (Wildman–Crippen LogP) is 1.16. The van der Waals surface area contributed by atoms with Crippen LogP contribution in [0, 0.1) is 0 Å². The van der Waals surface area contributed by atoms with Crippen LogP contribution in [0.2, 0.25) is 0 Å². The van der Waals surface area contributed by atoms with Crippen molar-refractivity contribution in [1.29, 1.82) is 0 Å². The van der Waals surface area contributed by atoms with Crippen LogP contribution in [0.25, 0.3) is 10.4 Å². The van der Waals surface area contributed by atoms with Crippen LogP contribution in [0.5, 0.6) is 0 Å². The topological polar surface area (TPSA) is 86.1 Å². The number of hydrogen-bond donors (Lipinski definition) is 1. The van der Waals surface area contributed by atoms with Crippen LogP contribution >= 0.6 is 0 Å². The highest BCUT2D eigenvalue weighted by atomic mass is 16.4. The minimum Gasteiger partial charge on any atom is -0.481 e. The van der Waals surface area contributed by atoms with Gasteiger partial charge >= 0.3 is 5.97 Å². The highest BCUT2D eigenvalue weighted by Crippen LogP contribution is 1.96. The Hall–Kier alpha value is -1.22. The van der Waals surface area contributed by atoms with Crippen molar-refractivity contribution in [2.75, 3.05) is 0 Å². The SMILES string of the molecule is CCC(N=[N+]=[N-])C(=O)O. The molecule has 1 N–H and O–H groups in total. The molecule has 50 valence electrons. The Bertz CT molecular complexity index is 148. The molecule has 5 nitrogen and oxygen atoms in total. The summed E-state index contributed by atoms with van der Waals surface area (Å²) in [7, 11) is 0. The minimum absolute atomic E-state index is 0.333. The van der Waals surface area contributed by atoms with E-state index in [1.165, 1.54) is 0 Å². The number of carbonyl (C=O) groups is 1. The molecule has 0 radical (unpaired) electrons. The second-order valence-corrected chi connectivity index (χ2v) is 1.47. The normalized spacial score (nSPS) is 11.7. The van der Waals surface area contributed by atoms with Gasteiger partial charge in [-0.3, -0.25) is 4.79 Å². The molecule has 0 spiro atoms. The molecule has 0 bridgehead atoms. The number of rotatable bonds is 3. The largest absolute Gasteiger partial charge is 0.481 e. The molecule has 0 aromatic heterocycles. The quantitative estimate of drug-likeness (QED) is 0.352. The Kier molecular flexibility index (Phi) is 3.23. The number of azide groups is 1. The fourth-order valence-electron chi connectivity index (χ4n) is 0.368. The molecule has 0 aliphatic heterocycles. The van der Waals surface area contributed by atoms with E-state index >= 15 is 0 Å². The zero-order valence-corrected chi connectivity index (χ0v) is 4.98. The second kappa shape index (κ2) is 3.74. The highest BCUT2D eigenvalue weighted by Gasteiger charge is 2.10. The lowest BCUT2D eigenvalue weighted by atomic mass is 10.2. The summed E-state index contributed by atoms with van der Waals surface area (Å²) in [6.45, 7) is 1.65. The number of nitrogens with zero attached hydrogens (tertiary/aromatic N) is 3. The van der Waals surface area contributed by atoms with Gasteiger partial charge in [0, 0.05) is 4.91 Å². The lowest BCUT2D eigenvalue weighted by Crippen LogP contribution is -2.15. The van der Waals surface area contributed by atoms with Gasteiger partial charge in [-0.15, -0.1) is 0 Å². The van der Waals surface area contributed by atoms with Crippen molar-refractivity contribution >= 4 is 5.97 Å². The number of carboxylic acid groups (broad SMARTS) is 1. The van der Waals surface area contributed by atoms with Gasteiger partial charge in [-0.2, -0.15) is 0 Å². The molecule has 0 heterocycles. The van der Waals surface area contributed by atoms with Gasteiger partial charge in [0.15, 0.2) is 0 Å². The van der Waals surface area contributed by atoms with E-state index < -0.39 is 12.0 Å². The Labute approximate surface area is 51.9 Å². The van der Waals surface area contributed by atoms with Gasteiger partial charge in [0.05, 0.1) is 0 Å². The Balaban J connectivity index is 3.98. The standard InChI is InChI=1S/C4H7N3O2/c1-2-3(4(8)9)6-7-5/h3H,2H2,1H3,(H,8,9). The summed E-state index contributed by atoms with van der Waals surface area (Å²) in [5.74, 6) is -1.07. The van der Waals surface area contributed by atoms with Crippen molar-refractivity contribution in [2.24, 2.45) is 5.11 Å². The second-order valence-electron chi connectivity index (χ2n) is 1.47. The summed E-state index contributed by atoms with van der Waals surface area (Å²) in [5.41, 5.74) is 7.81. The number of carboxylic acids is 1. The van der Waals surface area contributed by atoms with Gasteiger partial charge in [0.25, 0.3) is 0 Å². The average molecular weight is 129 g/mol.